The maximum Gasteiger partial charge on any atom is 0.325 e. The van der Waals surface area contributed by atoms with Gasteiger partial charge in [-0.05, 0) is 24.3 Å². The molecule has 0 spiro atoms. The molecule has 0 radical (unpaired) electrons. The molecule has 1 amide bonds. The summed E-state index contributed by atoms with van der Waals surface area (Å²) >= 11 is 0. The van der Waals surface area contributed by atoms with Gasteiger partial charge in [-0.3, -0.25) is 14.7 Å². The molecule has 0 saturated carbocycles. The Morgan fingerprint density at radius 1 is 1.35 bits per heavy atom. The van der Waals surface area contributed by atoms with Crippen LogP contribution in [0.2, 0.25) is 0 Å². The Balaban J connectivity index is 2.18. The second kappa shape index (κ2) is 5.96. The highest BCUT2D eigenvalue weighted by atomic mass is 19.1. The van der Waals surface area contributed by atoms with Crippen LogP contribution in [0.15, 0.2) is 30.5 Å². The molecule has 1 heterocycles. The van der Waals surface area contributed by atoms with E-state index in [0.717, 1.165) is 0 Å². The summed E-state index contributed by atoms with van der Waals surface area (Å²) in [6.07, 6.45) is 1.34. The van der Waals surface area contributed by atoms with Crippen LogP contribution in [-0.2, 0) is 9.53 Å². The van der Waals surface area contributed by atoms with E-state index in [1.807, 2.05) is 0 Å². The second-order valence-corrected chi connectivity index (χ2v) is 3.92. The summed E-state index contributed by atoms with van der Waals surface area (Å²) in [4.78, 5) is 22.9. The Labute approximate surface area is 113 Å². The number of benzene rings is 1. The number of rotatable bonds is 4. The van der Waals surface area contributed by atoms with E-state index in [0.29, 0.717) is 11.3 Å². The van der Waals surface area contributed by atoms with Crippen LogP contribution in [0.3, 0.4) is 0 Å². The highest BCUT2D eigenvalue weighted by Crippen LogP contribution is 2.21. The van der Waals surface area contributed by atoms with Crippen molar-refractivity contribution >= 4 is 11.9 Å². The molecular weight excluding hydrogens is 265 g/mol. The van der Waals surface area contributed by atoms with Crippen LogP contribution in [0.5, 0.6) is 0 Å². The number of hydrogen-bond donors (Lipinski definition) is 2. The number of aromatic nitrogens is 2. The molecule has 2 N–H and O–H groups in total. The van der Waals surface area contributed by atoms with Crippen LogP contribution in [0.4, 0.5) is 4.39 Å². The minimum Gasteiger partial charge on any atom is -0.468 e. The fraction of sp³-hybridized carbons (Fsp3) is 0.154. The number of H-pyrrole nitrogens is 1. The zero-order valence-corrected chi connectivity index (χ0v) is 10.6. The van der Waals surface area contributed by atoms with Crippen molar-refractivity contribution < 1.29 is 18.7 Å². The molecule has 1 aromatic heterocycles. The molecule has 104 valence electrons. The molecular formula is C13H12FN3O3. The summed E-state index contributed by atoms with van der Waals surface area (Å²) in [6.45, 7) is -0.233. The van der Waals surface area contributed by atoms with Crippen molar-refractivity contribution in [3.05, 3.63) is 41.8 Å². The highest BCUT2D eigenvalue weighted by Gasteiger charge is 2.16. The van der Waals surface area contributed by atoms with Crippen LogP contribution >= 0.6 is 0 Å². The lowest BCUT2D eigenvalue weighted by Crippen LogP contribution is -2.30. The number of amides is 1. The molecule has 6 nitrogen and oxygen atoms in total. The Kier molecular flexibility index (Phi) is 4.09. The van der Waals surface area contributed by atoms with E-state index in [4.69, 9.17) is 0 Å². The molecule has 2 rings (SSSR count). The van der Waals surface area contributed by atoms with Gasteiger partial charge in [-0.2, -0.15) is 5.10 Å². The fourth-order valence-electron chi connectivity index (χ4n) is 1.61. The average Bonchev–Trinajstić information content (AvgIpc) is 2.94. The molecule has 0 aliphatic rings. The van der Waals surface area contributed by atoms with E-state index < -0.39 is 11.9 Å². The van der Waals surface area contributed by atoms with Crippen molar-refractivity contribution in [2.45, 2.75) is 0 Å². The Hall–Kier alpha value is -2.70. The van der Waals surface area contributed by atoms with E-state index in [-0.39, 0.29) is 17.9 Å². The molecule has 0 saturated heterocycles. The number of esters is 1. The van der Waals surface area contributed by atoms with Crippen LogP contribution in [0.25, 0.3) is 11.3 Å². The largest absolute Gasteiger partial charge is 0.468 e. The third kappa shape index (κ3) is 3.00. The van der Waals surface area contributed by atoms with Gasteiger partial charge in [0.2, 0.25) is 0 Å². The number of nitrogens with zero attached hydrogens (tertiary/aromatic N) is 1. The van der Waals surface area contributed by atoms with E-state index in [1.165, 1.54) is 37.6 Å². The number of carbonyl (C=O) groups excluding carboxylic acids is 2. The van der Waals surface area contributed by atoms with Crippen molar-refractivity contribution in [2.75, 3.05) is 13.7 Å². The molecule has 0 aliphatic heterocycles. The minimum absolute atomic E-state index is 0.233. The first-order valence-corrected chi connectivity index (χ1v) is 5.76. The Bertz CT molecular complexity index is 622. The number of ether oxygens (including phenoxy) is 1. The molecule has 0 bridgehead atoms. The lowest BCUT2D eigenvalue weighted by atomic mass is 10.1. The normalized spacial score (nSPS) is 10.1. The molecule has 0 atom stereocenters. The third-order valence-electron chi connectivity index (χ3n) is 2.64. The lowest BCUT2D eigenvalue weighted by molar-refractivity contribution is -0.139. The maximum atomic E-state index is 12.9. The summed E-state index contributed by atoms with van der Waals surface area (Å²) in [7, 11) is 1.23. The second-order valence-electron chi connectivity index (χ2n) is 3.92. The number of hydrogen-bond acceptors (Lipinski definition) is 4. The zero-order chi connectivity index (χ0) is 14.5. The van der Waals surface area contributed by atoms with Crippen molar-refractivity contribution in [3.63, 3.8) is 0 Å². The number of nitrogens with one attached hydrogen (secondary N) is 2. The van der Waals surface area contributed by atoms with Crippen molar-refractivity contribution in [2.24, 2.45) is 0 Å². The summed E-state index contributed by atoms with van der Waals surface area (Å²) < 4.78 is 17.3. The quantitative estimate of drug-likeness (QED) is 0.820. The van der Waals surface area contributed by atoms with Gasteiger partial charge in [0.15, 0.2) is 0 Å². The van der Waals surface area contributed by atoms with Crippen LogP contribution < -0.4 is 5.32 Å². The van der Waals surface area contributed by atoms with Crippen LogP contribution in [0, 0.1) is 5.82 Å². The number of carbonyl (C=O) groups is 2. The van der Waals surface area contributed by atoms with Crippen LogP contribution in [0.1, 0.15) is 10.4 Å². The molecule has 0 unspecified atom stereocenters. The molecule has 7 heteroatoms. The minimum atomic E-state index is -0.551. The highest BCUT2D eigenvalue weighted by molar-refractivity contribution is 6.00. The standard InChI is InChI=1S/C13H12FN3O3/c1-20-11(18)7-15-13(19)10-6-16-17-12(10)8-2-4-9(14)5-3-8/h2-6H,7H2,1H3,(H,15,19)(H,16,17). The Morgan fingerprint density at radius 3 is 2.70 bits per heavy atom. The topological polar surface area (TPSA) is 84.1 Å². The van der Waals surface area contributed by atoms with E-state index in [1.54, 1.807) is 0 Å². The number of methoxy groups -OCH3 is 1. The summed E-state index contributed by atoms with van der Waals surface area (Å²) in [5, 5.41) is 8.88. The van der Waals surface area contributed by atoms with Gasteiger partial charge >= 0.3 is 5.97 Å². The van der Waals surface area contributed by atoms with Gasteiger partial charge < -0.3 is 10.1 Å². The van der Waals surface area contributed by atoms with Gasteiger partial charge in [-0.25, -0.2) is 4.39 Å². The SMILES string of the molecule is COC(=O)CNC(=O)c1cn[nH]c1-c1ccc(F)cc1. The van der Waals surface area contributed by atoms with Gasteiger partial charge in [0, 0.05) is 5.56 Å². The Morgan fingerprint density at radius 2 is 2.05 bits per heavy atom. The molecule has 2 aromatic rings. The molecule has 0 aliphatic carbocycles. The summed E-state index contributed by atoms with van der Waals surface area (Å²) in [5.74, 6) is -1.39. The average molecular weight is 277 g/mol. The first-order chi connectivity index (χ1) is 9.61. The predicted octanol–water partition coefficient (Wildman–Crippen LogP) is 1.12. The van der Waals surface area contributed by atoms with Gasteiger partial charge in [0.05, 0.1) is 24.6 Å². The first-order valence-electron chi connectivity index (χ1n) is 5.76. The fourth-order valence-corrected chi connectivity index (χ4v) is 1.61. The summed E-state index contributed by atoms with van der Waals surface area (Å²) in [6, 6.07) is 5.62. The van der Waals surface area contributed by atoms with Gasteiger partial charge in [-0.1, -0.05) is 0 Å². The molecule has 20 heavy (non-hydrogen) atoms. The maximum absolute atomic E-state index is 12.9. The van der Waals surface area contributed by atoms with Crippen molar-refractivity contribution in [1.82, 2.24) is 15.5 Å². The summed E-state index contributed by atoms with van der Waals surface area (Å²) in [5.41, 5.74) is 1.33. The van der Waals surface area contributed by atoms with Crippen molar-refractivity contribution in [1.29, 1.82) is 0 Å². The van der Waals surface area contributed by atoms with Gasteiger partial charge in [0.1, 0.15) is 12.4 Å². The van der Waals surface area contributed by atoms with E-state index in [9.17, 15) is 14.0 Å². The van der Waals surface area contributed by atoms with Gasteiger partial charge in [0.25, 0.3) is 5.91 Å². The monoisotopic (exact) mass is 277 g/mol. The molecule has 1 aromatic carbocycles. The van der Waals surface area contributed by atoms with E-state index >= 15 is 0 Å². The molecule has 0 fully saturated rings. The van der Waals surface area contributed by atoms with Crippen LogP contribution in [-0.4, -0.2) is 35.7 Å². The van der Waals surface area contributed by atoms with E-state index in [2.05, 4.69) is 20.3 Å². The lowest BCUT2D eigenvalue weighted by Gasteiger charge is -2.05. The number of aromatic amines is 1. The zero-order valence-electron chi connectivity index (χ0n) is 10.6. The predicted molar refractivity (Wildman–Crippen MR) is 68.3 cm³/mol. The third-order valence-corrected chi connectivity index (χ3v) is 2.64. The van der Waals surface area contributed by atoms with Crippen molar-refractivity contribution in [3.8, 4) is 11.3 Å². The first kappa shape index (κ1) is 13.7. The van der Waals surface area contributed by atoms with Gasteiger partial charge in [-0.15, -0.1) is 0 Å². The number of halogens is 1. The smallest absolute Gasteiger partial charge is 0.325 e.